The predicted octanol–water partition coefficient (Wildman–Crippen LogP) is 5.30. The largest absolute Gasteiger partial charge is 0.328 e. The van der Waals surface area contributed by atoms with Gasteiger partial charge in [-0.05, 0) is 37.0 Å². The first kappa shape index (κ1) is 16.8. The number of hydrogen-bond donors (Lipinski definition) is 1. The van der Waals surface area contributed by atoms with Gasteiger partial charge in [-0.3, -0.25) is 4.99 Å². The number of amidine groups is 1. The standard InChI is InChI=1S/C19H20Cl2N4/c20-15-5-4-13(8-16(15)21)10-23-18-19(6-2-1-3-7-19)9-14-11-22-12-24-17(14)25-18/h4-5,8,11-12H,1-3,6-7,9-10H2,(H,22,23,24,25). The third kappa shape index (κ3) is 3.38. The van der Waals surface area contributed by atoms with Crippen molar-refractivity contribution in [2.24, 2.45) is 10.4 Å². The number of aliphatic imine (C=N–C) groups is 1. The summed E-state index contributed by atoms with van der Waals surface area (Å²) in [6.07, 6.45) is 10.6. The maximum absolute atomic E-state index is 6.13. The van der Waals surface area contributed by atoms with E-state index in [-0.39, 0.29) is 5.41 Å². The SMILES string of the molecule is Clc1ccc(CN=C2Nc3ncncc3CC23CCCCC3)cc1Cl. The molecule has 1 aliphatic carbocycles. The molecule has 0 saturated heterocycles. The van der Waals surface area contributed by atoms with E-state index >= 15 is 0 Å². The van der Waals surface area contributed by atoms with Crippen LogP contribution in [0.5, 0.6) is 0 Å². The van der Waals surface area contributed by atoms with E-state index < -0.39 is 0 Å². The summed E-state index contributed by atoms with van der Waals surface area (Å²) in [6, 6.07) is 5.69. The van der Waals surface area contributed by atoms with Crippen molar-refractivity contribution in [3.8, 4) is 0 Å². The van der Waals surface area contributed by atoms with Crippen LogP contribution in [0.2, 0.25) is 10.0 Å². The molecule has 0 radical (unpaired) electrons. The molecule has 1 aliphatic heterocycles. The third-order valence-electron chi connectivity index (χ3n) is 5.27. The maximum atomic E-state index is 6.13. The highest BCUT2D eigenvalue weighted by atomic mass is 35.5. The molecule has 0 atom stereocenters. The van der Waals surface area contributed by atoms with Crippen LogP contribution in [-0.2, 0) is 13.0 Å². The van der Waals surface area contributed by atoms with E-state index in [0.29, 0.717) is 16.6 Å². The Labute approximate surface area is 157 Å². The molecule has 6 heteroatoms. The molecular weight excluding hydrogens is 355 g/mol. The van der Waals surface area contributed by atoms with E-state index in [4.69, 9.17) is 28.2 Å². The Morgan fingerprint density at radius 3 is 2.76 bits per heavy atom. The molecule has 2 heterocycles. The number of nitrogens with one attached hydrogen (secondary N) is 1. The molecule has 1 aromatic carbocycles. The van der Waals surface area contributed by atoms with Crippen molar-refractivity contribution in [3.63, 3.8) is 0 Å². The van der Waals surface area contributed by atoms with Crippen LogP contribution in [0.15, 0.2) is 35.7 Å². The predicted molar refractivity (Wildman–Crippen MR) is 102 cm³/mol. The third-order valence-corrected chi connectivity index (χ3v) is 6.01. The summed E-state index contributed by atoms with van der Waals surface area (Å²) in [5.41, 5.74) is 2.34. The molecule has 0 bridgehead atoms. The fourth-order valence-corrected chi connectivity index (χ4v) is 4.27. The number of benzene rings is 1. The van der Waals surface area contributed by atoms with Crippen molar-refractivity contribution in [3.05, 3.63) is 51.9 Å². The van der Waals surface area contributed by atoms with Crippen LogP contribution in [0, 0.1) is 5.41 Å². The molecule has 4 nitrogen and oxygen atoms in total. The Morgan fingerprint density at radius 2 is 1.96 bits per heavy atom. The minimum Gasteiger partial charge on any atom is -0.328 e. The summed E-state index contributed by atoms with van der Waals surface area (Å²) >= 11 is 12.1. The van der Waals surface area contributed by atoms with Crippen molar-refractivity contribution in [1.29, 1.82) is 0 Å². The first-order chi connectivity index (χ1) is 12.2. The highest BCUT2D eigenvalue weighted by Gasteiger charge is 2.41. The Kier molecular flexibility index (Phi) is 4.65. The normalized spacial score (nSPS) is 20.3. The number of anilines is 1. The lowest BCUT2D eigenvalue weighted by atomic mass is 9.68. The van der Waals surface area contributed by atoms with Crippen molar-refractivity contribution in [2.75, 3.05) is 5.32 Å². The molecule has 1 saturated carbocycles. The lowest BCUT2D eigenvalue weighted by Crippen LogP contribution is -2.43. The summed E-state index contributed by atoms with van der Waals surface area (Å²) in [7, 11) is 0. The summed E-state index contributed by atoms with van der Waals surface area (Å²) < 4.78 is 0. The molecule has 1 spiro atoms. The van der Waals surface area contributed by atoms with Gasteiger partial charge in [0.05, 0.1) is 16.6 Å². The molecule has 2 aliphatic rings. The fraction of sp³-hybridized carbons (Fsp3) is 0.421. The average Bonchev–Trinajstić information content (AvgIpc) is 2.63. The van der Waals surface area contributed by atoms with E-state index in [1.165, 1.54) is 24.8 Å². The number of fused-ring (bicyclic) bond motifs is 1. The second-order valence-electron chi connectivity index (χ2n) is 6.95. The van der Waals surface area contributed by atoms with E-state index in [9.17, 15) is 0 Å². The molecule has 1 fully saturated rings. The van der Waals surface area contributed by atoms with Gasteiger partial charge in [0.1, 0.15) is 18.0 Å². The quantitative estimate of drug-likeness (QED) is 0.775. The van der Waals surface area contributed by atoms with Crippen molar-refractivity contribution < 1.29 is 0 Å². The molecule has 130 valence electrons. The van der Waals surface area contributed by atoms with Gasteiger partial charge in [0.2, 0.25) is 0 Å². The Hall–Kier alpha value is -1.65. The number of rotatable bonds is 2. The second-order valence-corrected chi connectivity index (χ2v) is 7.77. The van der Waals surface area contributed by atoms with Gasteiger partial charge >= 0.3 is 0 Å². The molecule has 0 amide bonds. The van der Waals surface area contributed by atoms with Crippen LogP contribution in [-0.4, -0.2) is 15.8 Å². The van der Waals surface area contributed by atoms with Crippen LogP contribution in [0.1, 0.15) is 43.2 Å². The summed E-state index contributed by atoms with van der Waals surface area (Å²) in [5, 5.41) is 4.64. The Morgan fingerprint density at radius 1 is 1.12 bits per heavy atom. The summed E-state index contributed by atoms with van der Waals surface area (Å²) in [4.78, 5) is 13.5. The van der Waals surface area contributed by atoms with Crippen LogP contribution in [0.4, 0.5) is 5.82 Å². The van der Waals surface area contributed by atoms with Gasteiger partial charge in [-0.25, -0.2) is 9.97 Å². The lowest BCUT2D eigenvalue weighted by molar-refractivity contribution is 0.277. The van der Waals surface area contributed by atoms with Gasteiger partial charge in [-0.1, -0.05) is 48.5 Å². The number of aromatic nitrogens is 2. The van der Waals surface area contributed by atoms with Crippen LogP contribution in [0.25, 0.3) is 0 Å². The van der Waals surface area contributed by atoms with Gasteiger partial charge in [-0.2, -0.15) is 0 Å². The first-order valence-corrected chi connectivity index (χ1v) is 9.47. The minimum atomic E-state index is 0.0895. The molecular formula is C19H20Cl2N4. The lowest BCUT2D eigenvalue weighted by Gasteiger charge is -2.42. The van der Waals surface area contributed by atoms with Crippen molar-refractivity contribution in [1.82, 2.24) is 9.97 Å². The van der Waals surface area contributed by atoms with Crippen LogP contribution in [0.3, 0.4) is 0 Å². The molecule has 0 unspecified atom stereocenters. The minimum absolute atomic E-state index is 0.0895. The monoisotopic (exact) mass is 374 g/mol. The zero-order valence-corrected chi connectivity index (χ0v) is 15.4. The summed E-state index contributed by atoms with van der Waals surface area (Å²) in [5.74, 6) is 1.95. The number of halogens is 2. The maximum Gasteiger partial charge on any atom is 0.137 e. The Bertz CT molecular complexity index is 813. The molecule has 4 rings (SSSR count). The zero-order chi connectivity index (χ0) is 17.3. The van der Waals surface area contributed by atoms with Gasteiger partial charge < -0.3 is 5.32 Å². The first-order valence-electron chi connectivity index (χ1n) is 8.71. The number of hydrogen-bond acceptors (Lipinski definition) is 3. The van der Waals surface area contributed by atoms with Gasteiger partial charge in [-0.15, -0.1) is 0 Å². The van der Waals surface area contributed by atoms with E-state index in [1.54, 1.807) is 6.33 Å². The van der Waals surface area contributed by atoms with E-state index in [0.717, 1.165) is 36.5 Å². The number of nitrogens with zero attached hydrogens (tertiary/aromatic N) is 3. The highest BCUT2D eigenvalue weighted by Crippen LogP contribution is 2.44. The Balaban J connectivity index is 1.66. The molecule has 1 aromatic heterocycles. The molecule has 25 heavy (non-hydrogen) atoms. The van der Waals surface area contributed by atoms with Crippen LogP contribution >= 0.6 is 23.2 Å². The van der Waals surface area contributed by atoms with Gasteiger partial charge in [0, 0.05) is 17.2 Å². The van der Waals surface area contributed by atoms with Gasteiger partial charge in [0.25, 0.3) is 0 Å². The highest BCUT2D eigenvalue weighted by molar-refractivity contribution is 6.42. The van der Waals surface area contributed by atoms with Crippen LogP contribution < -0.4 is 5.32 Å². The summed E-state index contributed by atoms with van der Waals surface area (Å²) in [6.45, 7) is 0.585. The van der Waals surface area contributed by atoms with Crippen molar-refractivity contribution >= 4 is 34.9 Å². The zero-order valence-electron chi connectivity index (χ0n) is 13.9. The molecule has 1 N–H and O–H groups in total. The van der Waals surface area contributed by atoms with E-state index in [2.05, 4.69) is 15.3 Å². The topological polar surface area (TPSA) is 50.2 Å². The fourth-order valence-electron chi connectivity index (χ4n) is 3.95. The smallest absolute Gasteiger partial charge is 0.137 e. The average molecular weight is 375 g/mol. The molecule has 2 aromatic rings. The second kappa shape index (κ2) is 6.93. The van der Waals surface area contributed by atoms with Gasteiger partial charge in [0.15, 0.2) is 0 Å². The van der Waals surface area contributed by atoms with E-state index in [1.807, 2.05) is 24.4 Å². The van der Waals surface area contributed by atoms with Crippen molar-refractivity contribution in [2.45, 2.75) is 45.1 Å².